The predicted molar refractivity (Wildman–Crippen MR) is 54.7 cm³/mol. The molecule has 0 amide bonds. The van der Waals surface area contributed by atoms with Crippen molar-refractivity contribution in [2.24, 2.45) is 10.7 Å². The molecule has 0 unspecified atom stereocenters. The van der Waals surface area contributed by atoms with Gasteiger partial charge in [0.15, 0.2) is 0 Å². The standard InChI is InChI=1S/C10H14N2O/c1-7-6-9(13-3)4-5-10(7)12-8(2)11/h4-6H,1-3H3,(H2,11,12). The molecule has 0 aromatic heterocycles. The summed E-state index contributed by atoms with van der Waals surface area (Å²) in [6, 6.07) is 5.70. The monoisotopic (exact) mass is 178 g/mol. The Labute approximate surface area is 78.2 Å². The number of nitrogens with two attached hydrogens (primary N) is 1. The first-order valence-electron chi connectivity index (χ1n) is 4.09. The number of aliphatic imine (C=N–C) groups is 1. The molecule has 0 heterocycles. The molecule has 70 valence electrons. The highest BCUT2D eigenvalue weighted by Crippen LogP contribution is 2.23. The number of amidine groups is 1. The minimum Gasteiger partial charge on any atom is -0.497 e. The molecule has 3 heteroatoms. The predicted octanol–water partition coefficient (Wildman–Crippen LogP) is 2.01. The molecule has 0 aliphatic rings. The molecular weight excluding hydrogens is 164 g/mol. The number of benzene rings is 1. The lowest BCUT2D eigenvalue weighted by Crippen LogP contribution is -2.04. The molecule has 0 radical (unpaired) electrons. The Morgan fingerprint density at radius 1 is 1.46 bits per heavy atom. The summed E-state index contributed by atoms with van der Waals surface area (Å²) >= 11 is 0. The van der Waals surface area contributed by atoms with Crippen LogP contribution in [0.5, 0.6) is 5.75 Å². The minimum atomic E-state index is 0.563. The molecule has 1 aromatic rings. The van der Waals surface area contributed by atoms with E-state index in [2.05, 4.69) is 4.99 Å². The lowest BCUT2D eigenvalue weighted by Gasteiger charge is -2.03. The van der Waals surface area contributed by atoms with Crippen LogP contribution in [0.3, 0.4) is 0 Å². The van der Waals surface area contributed by atoms with Gasteiger partial charge >= 0.3 is 0 Å². The first-order valence-corrected chi connectivity index (χ1v) is 4.09. The maximum Gasteiger partial charge on any atom is 0.119 e. The van der Waals surface area contributed by atoms with Crippen LogP contribution in [0.1, 0.15) is 12.5 Å². The number of aryl methyl sites for hydroxylation is 1. The number of hydrogen-bond donors (Lipinski definition) is 1. The van der Waals surface area contributed by atoms with E-state index in [1.165, 1.54) is 0 Å². The Kier molecular flexibility index (Phi) is 2.90. The van der Waals surface area contributed by atoms with Crippen molar-refractivity contribution < 1.29 is 4.74 Å². The summed E-state index contributed by atoms with van der Waals surface area (Å²) in [6.07, 6.45) is 0. The number of rotatable bonds is 2. The average Bonchev–Trinajstić information content (AvgIpc) is 2.08. The van der Waals surface area contributed by atoms with Gasteiger partial charge in [-0.1, -0.05) is 0 Å². The molecule has 0 fully saturated rings. The van der Waals surface area contributed by atoms with Gasteiger partial charge in [0, 0.05) is 0 Å². The second-order valence-electron chi connectivity index (χ2n) is 2.91. The van der Waals surface area contributed by atoms with Crippen molar-refractivity contribution in [1.82, 2.24) is 0 Å². The normalized spacial score (nSPS) is 11.5. The molecule has 0 saturated carbocycles. The van der Waals surface area contributed by atoms with Crippen molar-refractivity contribution in [2.45, 2.75) is 13.8 Å². The van der Waals surface area contributed by atoms with E-state index in [0.29, 0.717) is 5.84 Å². The molecule has 0 spiro atoms. The highest BCUT2D eigenvalue weighted by molar-refractivity contribution is 5.81. The second kappa shape index (κ2) is 3.94. The summed E-state index contributed by atoms with van der Waals surface area (Å²) in [6.45, 7) is 3.74. The van der Waals surface area contributed by atoms with Gasteiger partial charge in [0.1, 0.15) is 5.75 Å². The Bertz CT molecular complexity index is 328. The Morgan fingerprint density at radius 3 is 2.62 bits per heavy atom. The van der Waals surface area contributed by atoms with Crippen LogP contribution in [0.25, 0.3) is 0 Å². The first-order chi connectivity index (χ1) is 6.13. The summed E-state index contributed by atoms with van der Waals surface area (Å²) in [5, 5.41) is 0. The Morgan fingerprint density at radius 2 is 2.15 bits per heavy atom. The van der Waals surface area contributed by atoms with Crippen molar-refractivity contribution in [3.63, 3.8) is 0 Å². The summed E-state index contributed by atoms with van der Waals surface area (Å²) in [4.78, 5) is 4.17. The third kappa shape index (κ3) is 2.47. The van der Waals surface area contributed by atoms with Gasteiger partial charge in [0.25, 0.3) is 0 Å². The topological polar surface area (TPSA) is 47.6 Å². The fourth-order valence-electron chi connectivity index (χ4n) is 1.07. The maximum absolute atomic E-state index is 5.48. The number of ether oxygens (including phenoxy) is 1. The molecule has 0 aliphatic heterocycles. The van der Waals surface area contributed by atoms with Gasteiger partial charge in [-0.15, -0.1) is 0 Å². The molecule has 0 atom stereocenters. The van der Waals surface area contributed by atoms with Crippen molar-refractivity contribution in [2.75, 3.05) is 7.11 Å². The van der Waals surface area contributed by atoms with Gasteiger partial charge in [-0.25, -0.2) is 4.99 Å². The van der Waals surface area contributed by atoms with E-state index in [9.17, 15) is 0 Å². The van der Waals surface area contributed by atoms with E-state index >= 15 is 0 Å². The van der Waals surface area contributed by atoms with E-state index in [1.807, 2.05) is 25.1 Å². The molecule has 1 aromatic carbocycles. The highest BCUT2D eigenvalue weighted by atomic mass is 16.5. The molecule has 13 heavy (non-hydrogen) atoms. The van der Waals surface area contributed by atoms with Gasteiger partial charge in [0.2, 0.25) is 0 Å². The van der Waals surface area contributed by atoms with Crippen LogP contribution >= 0.6 is 0 Å². The molecule has 0 aliphatic carbocycles. The fourth-order valence-corrected chi connectivity index (χ4v) is 1.07. The van der Waals surface area contributed by atoms with Crippen LogP contribution in [0, 0.1) is 6.92 Å². The number of methoxy groups -OCH3 is 1. The smallest absolute Gasteiger partial charge is 0.119 e. The van der Waals surface area contributed by atoms with E-state index in [-0.39, 0.29) is 0 Å². The lowest BCUT2D eigenvalue weighted by atomic mass is 10.2. The van der Waals surface area contributed by atoms with Crippen molar-refractivity contribution >= 4 is 11.5 Å². The number of hydrogen-bond acceptors (Lipinski definition) is 2. The SMILES string of the molecule is COc1ccc(N=C(C)N)c(C)c1. The molecule has 2 N–H and O–H groups in total. The van der Waals surface area contributed by atoms with E-state index in [1.54, 1.807) is 14.0 Å². The third-order valence-electron chi connectivity index (χ3n) is 1.70. The van der Waals surface area contributed by atoms with Gasteiger partial charge in [-0.05, 0) is 37.6 Å². The van der Waals surface area contributed by atoms with Crippen LogP contribution in [0.2, 0.25) is 0 Å². The quantitative estimate of drug-likeness (QED) is 0.556. The summed E-state index contributed by atoms with van der Waals surface area (Å²) in [5.41, 5.74) is 7.43. The van der Waals surface area contributed by atoms with Crippen LogP contribution in [0.15, 0.2) is 23.2 Å². The van der Waals surface area contributed by atoms with Crippen molar-refractivity contribution in [3.05, 3.63) is 23.8 Å². The molecule has 0 saturated heterocycles. The van der Waals surface area contributed by atoms with Crippen molar-refractivity contribution in [1.29, 1.82) is 0 Å². The van der Waals surface area contributed by atoms with Crippen LogP contribution < -0.4 is 10.5 Å². The van der Waals surface area contributed by atoms with Gasteiger partial charge in [-0.3, -0.25) is 0 Å². The van der Waals surface area contributed by atoms with E-state index < -0.39 is 0 Å². The molecule has 3 nitrogen and oxygen atoms in total. The van der Waals surface area contributed by atoms with Crippen LogP contribution in [-0.2, 0) is 0 Å². The van der Waals surface area contributed by atoms with Crippen molar-refractivity contribution in [3.8, 4) is 5.75 Å². The van der Waals surface area contributed by atoms with Gasteiger partial charge in [-0.2, -0.15) is 0 Å². The summed E-state index contributed by atoms with van der Waals surface area (Å²) < 4.78 is 5.08. The van der Waals surface area contributed by atoms with E-state index in [4.69, 9.17) is 10.5 Å². The lowest BCUT2D eigenvalue weighted by molar-refractivity contribution is 0.414. The summed E-state index contributed by atoms with van der Waals surface area (Å²) in [5.74, 6) is 1.40. The second-order valence-corrected chi connectivity index (χ2v) is 2.91. The first kappa shape index (κ1) is 9.58. The highest BCUT2D eigenvalue weighted by Gasteiger charge is 1.98. The average molecular weight is 178 g/mol. The third-order valence-corrected chi connectivity index (χ3v) is 1.70. The zero-order chi connectivity index (χ0) is 9.84. The largest absolute Gasteiger partial charge is 0.497 e. The van der Waals surface area contributed by atoms with Crippen LogP contribution in [0.4, 0.5) is 5.69 Å². The molecule has 0 bridgehead atoms. The van der Waals surface area contributed by atoms with Crippen LogP contribution in [-0.4, -0.2) is 12.9 Å². The van der Waals surface area contributed by atoms with E-state index in [0.717, 1.165) is 17.0 Å². The zero-order valence-electron chi connectivity index (χ0n) is 8.16. The Hall–Kier alpha value is -1.51. The Balaban J connectivity index is 3.05. The summed E-state index contributed by atoms with van der Waals surface area (Å²) in [7, 11) is 1.64. The zero-order valence-corrected chi connectivity index (χ0v) is 8.16. The maximum atomic E-state index is 5.48. The molecular formula is C10H14N2O. The molecule has 1 rings (SSSR count). The van der Waals surface area contributed by atoms with Gasteiger partial charge < -0.3 is 10.5 Å². The fraction of sp³-hybridized carbons (Fsp3) is 0.300. The minimum absolute atomic E-state index is 0.563. The number of nitrogens with zero attached hydrogens (tertiary/aromatic N) is 1. The van der Waals surface area contributed by atoms with Gasteiger partial charge in [0.05, 0.1) is 18.6 Å².